The number of nitrogens with one attached hydrogen (secondary N) is 1. The van der Waals surface area contributed by atoms with Gasteiger partial charge in [-0.25, -0.2) is 13.1 Å². The lowest BCUT2D eigenvalue weighted by atomic mass is 9.98. The Morgan fingerprint density at radius 1 is 1.38 bits per heavy atom. The van der Waals surface area contributed by atoms with Crippen molar-refractivity contribution in [1.29, 1.82) is 0 Å². The Labute approximate surface area is 126 Å². The van der Waals surface area contributed by atoms with Gasteiger partial charge in [0.15, 0.2) is 5.76 Å². The Balaban J connectivity index is 1.96. The molecule has 7 heteroatoms. The molecule has 2 heterocycles. The molecule has 1 fully saturated rings. The van der Waals surface area contributed by atoms with E-state index in [-0.39, 0.29) is 10.9 Å². The van der Waals surface area contributed by atoms with E-state index >= 15 is 0 Å². The summed E-state index contributed by atoms with van der Waals surface area (Å²) < 4.78 is 32.3. The van der Waals surface area contributed by atoms with Crippen LogP contribution in [0.25, 0.3) is 0 Å². The zero-order valence-corrected chi connectivity index (χ0v) is 14.0. The van der Waals surface area contributed by atoms with Crippen molar-refractivity contribution in [2.75, 3.05) is 19.6 Å². The average Bonchev–Trinajstić information content (AvgIpc) is 2.77. The number of aryl methyl sites for hydroxylation is 2. The summed E-state index contributed by atoms with van der Waals surface area (Å²) in [7, 11) is -3.56. The van der Waals surface area contributed by atoms with Gasteiger partial charge in [-0.3, -0.25) is 4.90 Å². The summed E-state index contributed by atoms with van der Waals surface area (Å²) in [5.74, 6) is 1.10. The summed E-state index contributed by atoms with van der Waals surface area (Å²) in [6.45, 7) is 10.1. The molecule has 1 saturated heterocycles. The number of likely N-dealkylation sites (tertiary alicyclic amines) is 1. The third-order valence-electron chi connectivity index (χ3n) is 4.25. The molecule has 0 saturated carbocycles. The largest absolute Gasteiger partial charge is 0.360 e. The molecule has 2 rings (SSSR count). The van der Waals surface area contributed by atoms with Crippen LogP contribution in [-0.4, -0.2) is 44.2 Å². The minimum Gasteiger partial charge on any atom is -0.360 e. The molecular weight excluding hydrogens is 290 g/mol. The quantitative estimate of drug-likeness (QED) is 0.895. The van der Waals surface area contributed by atoms with Crippen LogP contribution in [0.2, 0.25) is 0 Å². The lowest BCUT2D eigenvalue weighted by molar-refractivity contribution is 0.148. The van der Waals surface area contributed by atoms with Crippen molar-refractivity contribution >= 4 is 10.0 Å². The van der Waals surface area contributed by atoms with Crippen molar-refractivity contribution in [2.45, 2.75) is 51.5 Å². The highest BCUT2D eigenvalue weighted by atomic mass is 32.2. The predicted octanol–water partition coefficient (Wildman–Crippen LogP) is 1.69. The maximum absolute atomic E-state index is 12.3. The van der Waals surface area contributed by atoms with Crippen molar-refractivity contribution < 1.29 is 12.9 Å². The Morgan fingerprint density at radius 2 is 2.00 bits per heavy atom. The van der Waals surface area contributed by atoms with Crippen LogP contribution in [0.3, 0.4) is 0 Å². The maximum Gasteiger partial charge on any atom is 0.246 e. The fraction of sp³-hybridized carbons (Fsp3) is 0.786. The summed E-state index contributed by atoms with van der Waals surface area (Å²) in [6, 6.07) is 0.188. The molecule has 1 N–H and O–H groups in total. The molecule has 0 radical (unpaired) electrons. The first kappa shape index (κ1) is 16.5. The van der Waals surface area contributed by atoms with Crippen LogP contribution in [0, 0.1) is 19.8 Å². The third-order valence-corrected chi connectivity index (χ3v) is 5.91. The SMILES string of the molecule is Cc1noc(C)c1S(=O)(=O)NCC(C)N1CCC(C)CC1. The Kier molecular flexibility index (Phi) is 5.06. The van der Waals surface area contributed by atoms with Crippen LogP contribution in [0.4, 0.5) is 0 Å². The number of aromatic nitrogens is 1. The van der Waals surface area contributed by atoms with E-state index in [2.05, 4.69) is 28.6 Å². The summed E-state index contributed by atoms with van der Waals surface area (Å²) in [4.78, 5) is 2.51. The van der Waals surface area contributed by atoms with E-state index in [4.69, 9.17) is 4.52 Å². The second-order valence-electron chi connectivity index (χ2n) is 6.07. The molecular formula is C14H25N3O3S. The molecule has 1 aromatic rings. The van der Waals surface area contributed by atoms with Crippen molar-refractivity contribution in [1.82, 2.24) is 14.8 Å². The van der Waals surface area contributed by atoms with Gasteiger partial charge in [0.1, 0.15) is 10.6 Å². The Hall–Kier alpha value is -0.920. The minimum atomic E-state index is -3.56. The van der Waals surface area contributed by atoms with E-state index in [9.17, 15) is 8.42 Å². The van der Waals surface area contributed by atoms with Crippen LogP contribution in [0.1, 0.15) is 38.1 Å². The van der Waals surface area contributed by atoms with Gasteiger partial charge in [0.25, 0.3) is 0 Å². The van der Waals surface area contributed by atoms with E-state index in [1.807, 2.05) is 0 Å². The van der Waals surface area contributed by atoms with E-state index < -0.39 is 10.0 Å². The number of nitrogens with zero attached hydrogens (tertiary/aromatic N) is 2. The molecule has 1 aliphatic rings. The van der Waals surface area contributed by atoms with Gasteiger partial charge < -0.3 is 4.52 Å². The summed E-state index contributed by atoms with van der Waals surface area (Å²) >= 11 is 0. The predicted molar refractivity (Wildman–Crippen MR) is 80.6 cm³/mol. The number of piperidine rings is 1. The fourth-order valence-corrected chi connectivity index (χ4v) is 4.21. The zero-order chi connectivity index (χ0) is 15.6. The van der Waals surface area contributed by atoms with E-state index in [0.717, 1.165) is 19.0 Å². The van der Waals surface area contributed by atoms with Gasteiger partial charge in [-0.2, -0.15) is 0 Å². The zero-order valence-electron chi connectivity index (χ0n) is 13.2. The number of hydrogen-bond donors (Lipinski definition) is 1. The first-order valence-electron chi connectivity index (χ1n) is 7.48. The molecule has 6 nitrogen and oxygen atoms in total. The van der Waals surface area contributed by atoms with Crippen LogP contribution in [0.5, 0.6) is 0 Å². The van der Waals surface area contributed by atoms with Crippen molar-refractivity contribution in [2.24, 2.45) is 5.92 Å². The Bertz CT molecular complexity index is 555. The van der Waals surface area contributed by atoms with Gasteiger partial charge in [0.2, 0.25) is 10.0 Å². The molecule has 0 bridgehead atoms. The summed E-state index contributed by atoms with van der Waals surface area (Å²) in [5.41, 5.74) is 0.402. The standard InChI is InChI=1S/C14H25N3O3S/c1-10-5-7-17(8-6-10)11(2)9-15-21(18,19)14-12(3)16-20-13(14)4/h10-11,15H,5-9H2,1-4H3. The lowest BCUT2D eigenvalue weighted by Crippen LogP contribution is -2.45. The molecule has 1 atom stereocenters. The van der Waals surface area contributed by atoms with Crippen LogP contribution in [-0.2, 0) is 10.0 Å². The smallest absolute Gasteiger partial charge is 0.246 e. The maximum atomic E-state index is 12.3. The van der Waals surface area contributed by atoms with E-state index in [0.29, 0.717) is 18.0 Å². The normalized spacial score (nSPS) is 19.8. The van der Waals surface area contributed by atoms with E-state index in [1.165, 1.54) is 12.8 Å². The molecule has 120 valence electrons. The van der Waals surface area contributed by atoms with Crippen molar-refractivity contribution in [3.05, 3.63) is 11.5 Å². The van der Waals surface area contributed by atoms with Crippen LogP contribution >= 0.6 is 0 Å². The third kappa shape index (κ3) is 3.84. The molecule has 0 aromatic carbocycles. The summed E-state index contributed by atoms with van der Waals surface area (Å²) in [5, 5.41) is 3.70. The average molecular weight is 315 g/mol. The highest BCUT2D eigenvalue weighted by Crippen LogP contribution is 2.20. The van der Waals surface area contributed by atoms with Gasteiger partial charge >= 0.3 is 0 Å². The van der Waals surface area contributed by atoms with Gasteiger partial charge in [-0.05, 0) is 52.6 Å². The molecule has 1 aromatic heterocycles. The number of hydrogen-bond acceptors (Lipinski definition) is 5. The van der Waals surface area contributed by atoms with Crippen LogP contribution < -0.4 is 4.72 Å². The first-order chi connectivity index (χ1) is 9.81. The van der Waals surface area contributed by atoms with Gasteiger partial charge in [-0.15, -0.1) is 0 Å². The van der Waals surface area contributed by atoms with E-state index in [1.54, 1.807) is 13.8 Å². The number of rotatable bonds is 5. The van der Waals surface area contributed by atoms with Crippen molar-refractivity contribution in [3.8, 4) is 0 Å². The molecule has 1 unspecified atom stereocenters. The van der Waals surface area contributed by atoms with Gasteiger partial charge in [-0.1, -0.05) is 12.1 Å². The molecule has 0 spiro atoms. The molecule has 21 heavy (non-hydrogen) atoms. The molecule has 0 amide bonds. The highest BCUT2D eigenvalue weighted by molar-refractivity contribution is 7.89. The second kappa shape index (κ2) is 6.46. The number of sulfonamides is 1. The second-order valence-corrected chi connectivity index (χ2v) is 7.78. The topological polar surface area (TPSA) is 75.4 Å². The van der Waals surface area contributed by atoms with Gasteiger partial charge in [0.05, 0.1) is 0 Å². The van der Waals surface area contributed by atoms with Crippen LogP contribution in [0.15, 0.2) is 9.42 Å². The lowest BCUT2D eigenvalue weighted by Gasteiger charge is -2.34. The monoisotopic (exact) mass is 315 g/mol. The summed E-state index contributed by atoms with van der Waals surface area (Å²) in [6.07, 6.45) is 2.36. The molecule has 1 aliphatic heterocycles. The minimum absolute atomic E-state index is 0.168. The molecule has 0 aliphatic carbocycles. The van der Waals surface area contributed by atoms with Gasteiger partial charge in [0, 0.05) is 12.6 Å². The highest BCUT2D eigenvalue weighted by Gasteiger charge is 2.26. The van der Waals surface area contributed by atoms with Crippen molar-refractivity contribution in [3.63, 3.8) is 0 Å². The Morgan fingerprint density at radius 3 is 2.52 bits per heavy atom. The first-order valence-corrected chi connectivity index (χ1v) is 8.96. The fourth-order valence-electron chi connectivity index (χ4n) is 2.76.